The van der Waals surface area contributed by atoms with Crippen molar-refractivity contribution in [1.82, 2.24) is 0 Å². The van der Waals surface area contributed by atoms with Gasteiger partial charge in [0.25, 0.3) is 0 Å². The number of hydrogen-bond acceptors (Lipinski definition) is 3. The first-order valence-corrected chi connectivity index (χ1v) is 8.21. The largest absolute Gasteiger partial charge is 0.707 e. The van der Waals surface area contributed by atoms with Gasteiger partial charge in [0.1, 0.15) is 0 Å². The molecule has 0 spiro atoms. The minimum Gasteiger partial charge on any atom is -0.507 e. The van der Waals surface area contributed by atoms with Gasteiger partial charge in [-0.25, -0.2) is 13.2 Å². The fraction of sp³-hybridized carbons (Fsp3) is 0. The zero-order valence-corrected chi connectivity index (χ0v) is 14.5. The van der Waals surface area contributed by atoms with Crippen molar-refractivity contribution in [2.75, 3.05) is 0 Å². The van der Waals surface area contributed by atoms with E-state index in [1.165, 1.54) is 21.5 Å². The fourth-order valence-electron chi connectivity index (χ4n) is 2.68. The summed E-state index contributed by atoms with van der Waals surface area (Å²) in [7, 11) is -2.70. The lowest BCUT2D eigenvalue weighted by atomic mass is 10.0. The minimum absolute atomic E-state index is 1.31. The smallest absolute Gasteiger partial charge is 0.507 e. The van der Waals surface area contributed by atoms with E-state index in [1.54, 1.807) is 0 Å². The van der Waals surface area contributed by atoms with E-state index in [4.69, 9.17) is 10.0 Å². The van der Waals surface area contributed by atoms with Crippen molar-refractivity contribution in [2.45, 2.75) is 0 Å². The first-order valence-electron chi connectivity index (χ1n) is 8.21. The molecule has 0 unspecified atom stereocenters. The Morgan fingerprint density at radius 3 is 1.17 bits per heavy atom. The third-order valence-electron chi connectivity index (χ3n) is 4.01. The molecule has 29 heavy (non-hydrogen) atoms. The van der Waals surface area contributed by atoms with Crippen molar-refractivity contribution < 1.29 is 36.7 Å². The Morgan fingerprint density at radius 2 is 0.862 bits per heavy atom. The van der Waals surface area contributed by atoms with Crippen molar-refractivity contribution in [3.05, 3.63) is 89.7 Å². The van der Waals surface area contributed by atoms with E-state index in [0.717, 1.165) is 0 Å². The maximum absolute atomic E-state index is 12.7. The second-order valence-electron chi connectivity index (χ2n) is 5.89. The normalized spacial score (nSPS) is 10.6. The standard InChI is InChI=1S/C14H10.C6H2BF5O3/c1-2-6-12-10-14-8-4-3-7-13(14)9-11(12)5-1;8-1-2(9)4(11)6(15-7(13)14)5(12)3(1)10/h1-10H;13-14H. The third kappa shape index (κ3) is 4.31. The van der Waals surface area contributed by atoms with Crippen LogP contribution in [0, 0.1) is 29.1 Å². The highest BCUT2D eigenvalue weighted by Gasteiger charge is 2.29. The summed E-state index contributed by atoms with van der Waals surface area (Å²) in [5.41, 5.74) is 0. The van der Waals surface area contributed by atoms with Crippen LogP contribution in [-0.2, 0) is 0 Å². The molecule has 0 atom stereocenters. The second kappa shape index (κ2) is 8.46. The molecule has 0 heterocycles. The highest BCUT2D eigenvalue weighted by Crippen LogP contribution is 2.29. The van der Waals surface area contributed by atoms with Crippen molar-refractivity contribution in [3.63, 3.8) is 0 Å². The average molecular weight is 406 g/mol. The van der Waals surface area contributed by atoms with Crippen LogP contribution in [0.1, 0.15) is 0 Å². The molecule has 0 saturated heterocycles. The van der Waals surface area contributed by atoms with Crippen LogP contribution >= 0.6 is 0 Å². The van der Waals surface area contributed by atoms with Crippen molar-refractivity contribution in [1.29, 1.82) is 0 Å². The van der Waals surface area contributed by atoms with Gasteiger partial charge in [0.2, 0.25) is 29.1 Å². The quantitative estimate of drug-likeness (QED) is 0.167. The van der Waals surface area contributed by atoms with Gasteiger partial charge in [0.15, 0.2) is 5.75 Å². The summed E-state index contributed by atoms with van der Waals surface area (Å²) in [6, 6.07) is 21.4. The van der Waals surface area contributed by atoms with E-state index in [9.17, 15) is 22.0 Å². The van der Waals surface area contributed by atoms with Gasteiger partial charge in [-0.15, -0.1) is 0 Å². The summed E-state index contributed by atoms with van der Waals surface area (Å²) in [5, 5.41) is 21.6. The molecule has 0 saturated carbocycles. The first kappa shape index (κ1) is 20.6. The number of halogens is 5. The zero-order valence-electron chi connectivity index (χ0n) is 14.5. The van der Waals surface area contributed by atoms with Crippen LogP contribution in [0.3, 0.4) is 0 Å². The molecule has 4 aromatic carbocycles. The van der Waals surface area contributed by atoms with Gasteiger partial charge in [-0.2, -0.15) is 8.78 Å². The molecule has 0 amide bonds. The molecule has 0 bridgehead atoms. The van der Waals surface area contributed by atoms with E-state index < -0.39 is 42.2 Å². The minimum atomic E-state index is -2.70. The molecule has 3 nitrogen and oxygen atoms in total. The molecule has 0 aliphatic heterocycles. The molecule has 2 N–H and O–H groups in total. The van der Waals surface area contributed by atoms with Crippen LogP contribution in [0.2, 0.25) is 0 Å². The molecular formula is C20H12BF5O3. The van der Waals surface area contributed by atoms with E-state index in [-0.39, 0.29) is 0 Å². The van der Waals surface area contributed by atoms with Gasteiger partial charge in [-0.3, -0.25) is 0 Å². The highest BCUT2D eigenvalue weighted by molar-refractivity contribution is 6.33. The van der Waals surface area contributed by atoms with Crippen LogP contribution in [0.4, 0.5) is 22.0 Å². The van der Waals surface area contributed by atoms with Crippen LogP contribution in [0.25, 0.3) is 21.5 Å². The monoisotopic (exact) mass is 406 g/mol. The Kier molecular flexibility index (Phi) is 6.00. The lowest BCUT2D eigenvalue weighted by Crippen LogP contribution is -2.23. The molecular weight excluding hydrogens is 394 g/mol. The second-order valence-corrected chi connectivity index (χ2v) is 5.89. The Labute approximate surface area is 161 Å². The first-order chi connectivity index (χ1) is 13.8. The molecule has 4 rings (SSSR count). The van der Waals surface area contributed by atoms with Crippen LogP contribution < -0.4 is 4.65 Å². The van der Waals surface area contributed by atoms with Gasteiger partial charge >= 0.3 is 7.32 Å². The third-order valence-corrected chi connectivity index (χ3v) is 4.01. The Hall–Kier alpha value is -3.17. The summed E-state index contributed by atoms with van der Waals surface area (Å²) in [5.74, 6) is -13.1. The van der Waals surface area contributed by atoms with Gasteiger partial charge in [-0.1, -0.05) is 48.5 Å². The highest BCUT2D eigenvalue weighted by atomic mass is 19.2. The average Bonchev–Trinajstić information content (AvgIpc) is 2.72. The van der Waals surface area contributed by atoms with Crippen molar-refractivity contribution in [3.8, 4) is 5.75 Å². The van der Waals surface area contributed by atoms with Gasteiger partial charge in [-0.05, 0) is 33.7 Å². The Morgan fingerprint density at radius 1 is 0.552 bits per heavy atom. The Bertz CT molecular complexity index is 1050. The van der Waals surface area contributed by atoms with E-state index in [2.05, 4.69) is 65.3 Å². The lowest BCUT2D eigenvalue weighted by molar-refractivity contribution is 0.263. The van der Waals surface area contributed by atoms with Crippen LogP contribution in [0.15, 0.2) is 60.7 Å². The Balaban J connectivity index is 0.000000166. The molecule has 148 valence electrons. The van der Waals surface area contributed by atoms with Gasteiger partial charge < -0.3 is 14.7 Å². The van der Waals surface area contributed by atoms with Crippen molar-refractivity contribution >= 4 is 28.9 Å². The predicted molar refractivity (Wildman–Crippen MR) is 98.5 cm³/mol. The lowest BCUT2D eigenvalue weighted by Gasteiger charge is -2.08. The van der Waals surface area contributed by atoms with Gasteiger partial charge in [0, 0.05) is 0 Å². The molecule has 0 fully saturated rings. The predicted octanol–water partition coefficient (Wildman–Crippen LogP) is 4.72. The summed E-state index contributed by atoms with van der Waals surface area (Å²) in [4.78, 5) is 0. The van der Waals surface area contributed by atoms with Crippen LogP contribution in [0.5, 0.6) is 5.75 Å². The molecule has 0 aliphatic carbocycles. The van der Waals surface area contributed by atoms with Crippen molar-refractivity contribution in [2.24, 2.45) is 0 Å². The maximum Gasteiger partial charge on any atom is 0.707 e. The maximum atomic E-state index is 12.7. The zero-order chi connectivity index (χ0) is 21.1. The summed E-state index contributed by atoms with van der Waals surface area (Å²) < 4.78 is 66.3. The molecule has 0 radical (unpaired) electrons. The summed E-state index contributed by atoms with van der Waals surface area (Å²) in [6.07, 6.45) is 0. The topological polar surface area (TPSA) is 49.7 Å². The number of fused-ring (bicyclic) bond motifs is 2. The van der Waals surface area contributed by atoms with Gasteiger partial charge in [0.05, 0.1) is 0 Å². The summed E-state index contributed by atoms with van der Waals surface area (Å²) in [6.45, 7) is 0. The van der Waals surface area contributed by atoms with Crippen LogP contribution in [-0.4, -0.2) is 17.4 Å². The SMILES string of the molecule is OB(O)Oc1c(F)c(F)c(F)c(F)c1F.c1ccc2cc3ccccc3cc2c1. The van der Waals surface area contributed by atoms with E-state index in [0.29, 0.717) is 0 Å². The fourth-order valence-corrected chi connectivity index (χ4v) is 2.68. The molecule has 0 aliphatic rings. The molecule has 9 heteroatoms. The summed E-state index contributed by atoms with van der Waals surface area (Å²) >= 11 is 0. The van der Waals surface area contributed by atoms with E-state index in [1.807, 2.05) is 0 Å². The molecule has 0 aromatic heterocycles. The number of hydrogen-bond donors (Lipinski definition) is 2. The molecule has 4 aromatic rings. The van der Waals surface area contributed by atoms with E-state index >= 15 is 0 Å². The number of benzene rings is 4. The number of rotatable bonds is 2.